The third-order valence-corrected chi connectivity index (χ3v) is 3.13. The Kier molecular flexibility index (Phi) is 6.64. The molecule has 1 rings (SSSR count). The molecule has 1 aromatic rings. The van der Waals surface area contributed by atoms with Gasteiger partial charge in [-0.1, -0.05) is 50.3 Å². The summed E-state index contributed by atoms with van der Waals surface area (Å²) in [5.41, 5.74) is 2.61. The first-order valence-corrected chi connectivity index (χ1v) is 6.52. The smallest absolute Gasteiger partial charge is 0.0781 e. The van der Waals surface area contributed by atoms with Crippen LogP contribution in [0.15, 0.2) is 42.5 Å². The summed E-state index contributed by atoms with van der Waals surface area (Å²) in [4.78, 5) is 0. The van der Waals surface area contributed by atoms with Crippen molar-refractivity contribution in [3.63, 3.8) is 0 Å². The van der Waals surface area contributed by atoms with Gasteiger partial charge in [0.2, 0.25) is 0 Å². The van der Waals surface area contributed by atoms with Crippen molar-refractivity contribution < 1.29 is 4.74 Å². The Labute approximate surface area is 106 Å². The van der Waals surface area contributed by atoms with Crippen LogP contribution in [0.1, 0.15) is 38.2 Å². The van der Waals surface area contributed by atoms with Crippen LogP contribution < -0.4 is 0 Å². The number of methoxy groups -OCH3 is 1. The second kappa shape index (κ2) is 8.08. The number of aryl methyl sites for hydroxylation is 1. The molecule has 0 saturated carbocycles. The molecular weight excluding hydrogens is 208 g/mol. The van der Waals surface area contributed by atoms with Gasteiger partial charge in [-0.3, -0.25) is 0 Å². The summed E-state index contributed by atoms with van der Waals surface area (Å²) in [5.74, 6) is 0. The van der Waals surface area contributed by atoms with Gasteiger partial charge >= 0.3 is 0 Å². The van der Waals surface area contributed by atoms with Crippen molar-refractivity contribution in [2.75, 3.05) is 7.11 Å². The number of ether oxygens (including phenoxy) is 1. The first kappa shape index (κ1) is 14.0. The monoisotopic (exact) mass is 232 g/mol. The van der Waals surface area contributed by atoms with E-state index in [1.807, 2.05) is 0 Å². The molecule has 1 atom stereocenters. The zero-order valence-corrected chi connectivity index (χ0v) is 11.1. The van der Waals surface area contributed by atoms with Crippen molar-refractivity contribution in [1.82, 2.24) is 0 Å². The molecule has 0 aliphatic heterocycles. The molecule has 1 heteroatoms. The summed E-state index contributed by atoms with van der Waals surface area (Å²) in [6.45, 7) is 6.36. The van der Waals surface area contributed by atoms with Crippen LogP contribution in [0.4, 0.5) is 0 Å². The van der Waals surface area contributed by atoms with Gasteiger partial charge in [0.1, 0.15) is 0 Å². The fraction of sp³-hybridized carbons (Fsp3) is 0.500. The zero-order valence-electron chi connectivity index (χ0n) is 11.1. The van der Waals surface area contributed by atoms with Gasteiger partial charge in [0.15, 0.2) is 0 Å². The number of unbranched alkanes of at least 4 members (excludes halogenated alkanes) is 1. The molecule has 1 aromatic carbocycles. The highest BCUT2D eigenvalue weighted by Gasteiger charge is 2.11. The van der Waals surface area contributed by atoms with Gasteiger partial charge in [-0.05, 0) is 36.8 Å². The van der Waals surface area contributed by atoms with Crippen LogP contribution in [0.25, 0.3) is 0 Å². The Balaban J connectivity index is 2.39. The first-order valence-electron chi connectivity index (χ1n) is 6.52. The zero-order chi connectivity index (χ0) is 12.5. The lowest BCUT2D eigenvalue weighted by Gasteiger charge is -2.18. The topological polar surface area (TPSA) is 9.23 Å². The minimum Gasteiger partial charge on any atom is -0.377 e. The van der Waals surface area contributed by atoms with E-state index in [4.69, 9.17) is 4.74 Å². The van der Waals surface area contributed by atoms with Crippen LogP contribution in [0.3, 0.4) is 0 Å². The third kappa shape index (κ3) is 5.18. The fourth-order valence-electron chi connectivity index (χ4n) is 2.00. The molecule has 0 amide bonds. The second-order valence-electron chi connectivity index (χ2n) is 4.51. The van der Waals surface area contributed by atoms with Crippen LogP contribution >= 0.6 is 0 Å². The molecule has 94 valence electrons. The summed E-state index contributed by atoms with van der Waals surface area (Å²) in [6.07, 6.45) is 5.82. The molecule has 0 radical (unpaired) electrons. The molecule has 0 aromatic heterocycles. The van der Waals surface area contributed by atoms with Crippen LogP contribution in [0.2, 0.25) is 0 Å². The highest BCUT2D eigenvalue weighted by atomic mass is 16.5. The lowest BCUT2D eigenvalue weighted by Crippen LogP contribution is -2.14. The largest absolute Gasteiger partial charge is 0.377 e. The molecule has 0 aliphatic rings. The Morgan fingerprint density at radius 1 is 1.29 bits per heavy atom. The van der Waals surface area contributed by atoms with Crippen molar-refractivity contribution in [1.29, 1.82) is 0 Å². The van der Waals surface area contributed by atoms with E-state index in [9.17, 15) is 0 Å². The molecule has 0 bridgehead atoms. The van der Waals surface area contributed by atoms with E-state index in [-0.39, 0.29) is 6.10 Å². The van der Waals surface area contributed by atoms with Crippen molar-refractivity contribution >= 4 is 0 Å². The van der Waals surface area contributed by atoms with Crippen molar-refractivity contribution in [2.24, 2.45) is 0 Å². The molecule has 0 heterocycles. The Morgan fingerprint density at radius 3 is 2.59 bits per heavy atom. The van der Waals surface area contributed by atoms with E-state index < -0.39 is 0 Å². The third-order valence-electron chi connectivity index (χ3n) is 3.13. The molecule has 0 fully saturated rings. The maximum Gasteiger partial charge on any atom is 0.0781 e. The summed E-state index contributed by atoms with van der Waals surface area (Å²) < 4.78 is 5.53. The van der Waals surface area contributed by atoms with Crippen molar-refractivity contribution in [3.8, 4) is 0 Å². The molecule has 0 aliphatic carbocycles. The fourth-order valence-corrected chi connectivity index (χ4v) is 2.00. The molecule has 1 nitrogen and oxygen atoms in total. The van der Waals surface area contributed by atoms with Gasteiger partial charge in [0, 0.05) is 7.11 Å². The summed E-state index contributed by atoms with van der Waals surface area (Å²) in [6, 6.07) is 10.6. The van der Waals surface area contributed by atoms with Crippen molar-refractivity contribution in [3.05, 3.63) is 48.0 Å². The van der Waals surface area contributed by atoms with Crippen LogP contribution in [0, 0.1) is 0 Å². The highest BCUT2D eigenvalue weighted by molar-refractivity contribution is 5.15. The SMILES string of the molecule is C=C(CCCC)C(CCc1ccccc1)OC. The maximum atomic E-state index is 5.53. The number of rotatable bonds is 8. The summed E-state index contributed by atoms with van der Waals surface area (Å²) in [7, 11) is 1.78. The van der Waals surface area contributed by atoms with E-state index in [1.54, 1.807) is 7.11 Å². The quantitative estimate of drug-likeness (QED) is 0.604. The maximum absolute atomic E-state index is 5.53. The predicted molar refractivity (Wildman–Crippen MR) is 74.2 cm³/mol. The highest BCUT2D eigenvalue weighted by Crippen LogP contribution is 2.17. The van der Waals surface area contributed by atoms with Crippen molar-refractivity contribution in [2.45, 2.75) is 45.1 Å². The van der Waals surface area contributed by atoms with E-state index in [0.717, 1.165) is 19.3 Å². The van der Waals surface area contributed by atoms with Gasteiger partial charge in [-0.2, -0.15) is 0 Å². The molecule has 0 N–H and O–H groups in total. The molecular formula is C16H24O. The minimum absolute atomic E-state index is 0.210. The number of hydrogen-bond donors (Lipinski definition) is 0. The number of benzene rings is 1. The lowest BCUT2D eigenvalue weighted by atomic mass is 9.99. The normalized spacial score (nSPS) is 12.4. The predicted octanol–water partition coefficient (Wildman–Crippen LogP) is 4.38. The standard InChI is InChI=1S/C16H24O/c1-4-5-9-14(2)16(17-3)13-12-15-10-7-6-8-11-15/h6-8,10-11,16H,2,4-5,9,12-13H2,1,3H3. The Hall–Kier alpha value is -1.08. The summed E-state index contributed by atoms with van der Waals surface area (Å²) >= 11 is 0. The molecule has 0 saturated heterocycles. The minimum atomic E-state index is 0.210. The van der Waals surface area contributed by atoms with Gasteiger partial charge in [-0.15, -0.1) is 0 Å². The van der Waals surface area contributed by atoms with E-state index in [0.29, 0.717) is 0 Å². The Bertz CT molecular complexity index is 316. The Morgan fingerprint density at radius 2 is 2.00 bits per heavy atom. The number of hydrogen-bond acceptors (Lipinski definition) is 1. The average molecular weight is 232 g/mol. The molecule has 17 heavy (non-hydrogen) atoms. The first-order chi connectivity index (χ1) is 8.27. The van der Waals surface area contributed by atoms with Gasteiger partial charge < -0.3 is 4.74 Å². The van der Waals surface area contributed by atoms with E-state index in [2.05, 4.69) is 43.8 Å². The van der Waals surface area contributed by atoms with Gasteiger partial charge in [0.25, 0.3) is 0 Å². The summed E-state index contributed by atoms with van der Waals surface area (Å²) in [5, 5.41) is 0. The molecule has 0 spiro atoms. The van der Waals surface area contributed by atoms with Gasteiger partial charge in [0.05, 0.1) is 6.10 Å². The van der Waals surface area contributed by atoms with Crippen LogP contribution in [0.5, 0.6) is 0 Å². The van der Waals surface area contributed by atoms with Crippen LogP contribution in [-0.2, 0) is 11.2 Å². The van der Waals surface area contributed by atoms with Gasteiger partial charge in [-0.25, -0.2) is 0 Å². The average Bonchev–Trinajstić information content (AvgIpc) is 2.38. The molecule has 1 unspecified atom stereocenters. The lowest BCUT2D eigenvalue weighted by molar-refractivity contribution is 0.121. The second-order valence-corrected chi connectivity index (χ2v) is 4.51. The van der Waals surface area contributed by atoms with Crippen LogP contribution in [-0.4, -0.2) is 13.2 Å². The van der Waals surface area contributed by atoms with E-state index in [1.165, 1.54) is 24.0 Å². The van der Waals surface area contributed by atoms with E-state index >= 15 is 0 Å².